The van der Waals surface area contributed by atoms with Crippen LogP contribution in [0, 0.1) is 5.92 Å². The van der Waals surface area contributed by atoms with Gasteiger partial charge in [-0.05, 0) is 25.2 Å². The topological polar surface area (TPSA) is 29.0 Å². The molecule has 1 aliphatic heterocycles. The molecule has 3 nitrogen and oxygen atoms in total. The standard InChI is InChI=1S/C11H15ClFN3/c12-10-7-11(15-8-14-10)16-5-2-9(1-4-13)3-6-16/h7-9H,1-6H2. The van der Waals surface area contributed by atoms with E-state index in [0.717, 1.165) is 31.7 Å². The molecular weight excluding hydrogens is 229 g/mol. The van der Waals surface area contributed by atoms with Gasteiger partial charge >= 0.3 is 0 Å². The van der Waals surface area contributed by atoms with Crippen LogP contribution in [0.3, 0.4) is 0 Å². The van der Waals surface area contributed by atoms with Crippen molar-refractivity contribution in [3.63, 3.8) is 0 Å². The van der Waals surface area contributed by atoms with E-state index in [4.69, 9.17) is 11.6 Å². The Hall–Kier alpha value is -0.900. The summed E-state index contributed by atoms with van der Waals surface area (Å²) in [5.41, 5.74) is 0. The highest BCUT2D eigenvalue weighted by molar-refractivity contribution is 6.29. The summed E-state index contributed by atoms with van der Waals surface area (Å²) in [6, 6.07) is 1.77. The van der Waals surface area contributed by atoms with E-state index in [-0.39, 0.29) is 6.67 Å². The van der Waals surface area contributed by atoms with E-state index in [2.05, 4.69) is 14.9 Å². The molecule has 1 fully saturated rings. The summed E-state index contributed by atoms with van der Waals surface area (Å²) in [5.74, 6) is 1.40. The van der Waals surface area contributed by atoms with Gasteiger partial charge in [-0.25, -0.2) is 9.97 Å². The van der Waals surface area contributed by atoms with E-state index in [1.165, 1.54) is 6.33 Å². The zero-order chi connectivity index (χ0) is 11.4. The van der Waals surface area contributed by atoms with Crippen LogP contribution in [0.4, 0.5) is 10.2 Å². The minimum atomic E-state index is -0.204. The van der Waals surface area contributed by atoms with Crippen molar-refractivity contribution in [2.75, 3.05) is 24.7 Å². The molecule has 0 amide bonds. The van der Waals surface area contributed by atoms with Crippen LogP contribution in [0.5, 0.6) is 0 Å². The molecule has 0 bridgehead atoms. The number of aromatic nitrogens is 2. The van der Waals surface area contributed by atoms with Crippen LogP contribution in [0.2, 0.25) is 5.15 Å². The summed E-state index contributed by atoms with van der Waals surface area (Å²) in [5, 5.41) is 0.468. The van der Waals surface area contributed by atoms with Crippen molar-refractivity contribution in [3.8, 4) is 0 Å². The highest BCUT2D eigenvalue weighted by Crippen LogP contribution is 2.24. The van der Waals surface area contributed by atoms with E-state index >= 15 is 0 Å². The first-order valence-electron chi connectivity index (χ1n) is 5.58. The van der Waals surface area contributed by atoms with Crippen molar-refractivity contribution >= 4 is 17.4 Å². The largest absolute Gasteiger partial charge is 0.356 e. The van der Waals surface area contributed by atoms with Gasteiger partial charge in [-0.3, -0.25) is 4.39 Å². The molecule has 2 heterocycles. The van der Waals surface area contributed by atoms with Gasteiger partial charge in [0.15, 0.2) is 0 Å². The van der Waals surface area contributed by atoms with Gasteiger partial charge in [0.25, 0.3) is 0 Å². The van der Waals surface area contributed by atoms with E-state index in [9.17, 15) is 4.39 Å². The summed E-state index contributed by atoms with van der Waals surface area (Å²) < 4.78 is 12.2. The fourth-order valence-corrected chi connectivity index (χ4v) is 2.24. The van der Waals surface area contributed by atoms with Crippen LogP contribution in [0.15, 0.2) is 12.4 Å². The first-order chi connectivity index (χ1) is 7.79. The third-order valence-corrected chi connectivity index (χ3v) is 3.28. The van der Waals surface area contributed by atoms with E-state index in [1.807, 2.05) is 0 Å². The molecule has 1 aromatic rings. The van der Waals surface area contributed by atoms with E-state index in [1.54, 1.807) is 6.07 Å². The highest BCUT2D eigenvalue weighted by atomic mass is 35.5. The van der Waals surface area contributed by atoms with Gasteiger partial charge in [-0.2, -0.15) is 0 Å². The number of hydrogen-bond acceptors (Lipinski definition) is 3. The first-order valence-corrected chi connectivity index (χ1v) is 5.96. The van der Waals surface area contributed by atoms with Gasteiger partial charge in [-0.15, -0.1) is 0 Å². The van der Waals surface area contributed by atoms with Gasteiger partial charge < -0.3 is 4.90 Å². The summed E-state index contributed by atoms with van der Waals surface area (Å²) in [6.07, 6.45) is 4.24. The van der Waals surface area contributed by atoms with Crippen LogP contribution in [0.1, 0.15) is 19.3 Å². The Morgan fingerprint density at radius 2 is 2.12 bits per heavy atom. The van der Waals surface area contributed by atoms with E-state index < -0.39 is 0 Å². The molecule has 5 heteroatoms. The molecule has 0 N–H and O–H groups in total. The number of piperidine rings is 1. The molecule has 2 rings (SSSR count). The van der Waals surface area contributed by atoms with Crippen LogP contribution < -0.4 is 4.90 Å². The molecule has 1 aliphatic rings. The second kappa shape index (κ2) is 5.43. The Labute approximate surface area is 99.6 Å². The Morgan fingerprint density at radius 3 is 2.75 bits per heavy atom. The monoisotopic (exact) mass is 243 g/mol. The summed E-state index contributed by atoms with van der Waals surface area (Å²) in [7, 11) is 0. The maximum Gasteiger partial charge on any atom is 0.134 e. The molecule has 0 atom stereocenters. The number of hydrogen-bond donors (Lipinski definition) is 0. The predicted octanol–water partition coefficient (Wildman–Crippen LogP) is 2.71. The van der Waals surface area contributed by atoms with Crippen LogP contribution in [0.25, 0.3) is 0 Å². The zero-order valence-electron chi connectivity index (χ0n) is 9.07. The van der Waals surface area contributed by atoms with Gasteiger partial charge in [0.1, 0.15) is 17.3 Å². The molecule has 0 radical (unpaired) electrons. The number of rotatable bonds is 3. The van der Waals surface area contributed by atoms with Gasteiger partial charge in [0.2, 0.25) is 0 Å². The predicted molar refractivity (Wildman–Crippen MR) is 62.6 cm³/mol. The van der Waals surface area contributed by atoms with Gasteiger partial charge in [0, 0.05) is 19.2 Å². The number of halogens is 2. The van der Waals surface area contributed by atoms with Crippen molar-refractivity contribution in [1.82, 2.24) is 9.97 Å². The molecule has 88 valence electrons. The molecule has 0 aliphatic carbocycles. The normalized spacial score (nSPS) is 17.8. The van der Waals surface area contributed by atoms with Crippen LogP contribution in [-0.2, 0) is 0 Å². The molecular formula is C11H15ClFN3. The maximum absolute atomic E-state index is 12.2. The smallest absolute Gasteiger partial charge is 0.134 e. The molecule has 16 heavy (non-hydrogen) atoms. The maximum atomic E-state index is 12.2. The molecule has 0 saturated carbocycles. The second-order valence-corrected chi connectivity index (χ2v) is 4.49. The SMILES string of the molecule is FCCC1CCN(c2cc(Cl)ncn2)CC1. The summed E-state index contributed by atoms with van der Waals surface area (Å²) >= 11 is 5.82. The highest BCUT2D eigenvalue weighted by Gasteiger charge is 2.19. The molecule has 0 unspecified atom stereocenters. The molecule has 0 spiro atoms. The lowest BCUT2D eigenvalue weighted by Gasteiger charge is -2.32. The van der Waals surface area contributed by atoms with Crippen molar-refractivity contribution in [1.29, 1.82) is 0 Å². The minimum Gasteiger partial charge on any atom is -0.356 e. The Balaban J connectivity index is 1.94. The Bertz CT molecular complexity index is 340. The van der Waals surface area contributed by atoms with Crippen molar-refractivity contribution in [2.45, 2.75) is 19.3 Å². The number of anilines is 1. The molecule has 1 aromatic heterocycles. The zero-order valence-corrected chi connectivity index (χ0v) is 9.83. The van der Waals surface area contributed by atoms with Gasteiger partial charge in [0.05, 0.1) is 6.67 Å². The lowest BCUT2D eigenvalue weighted by Crippen LogP contribution is -2.34. The van der Waals surface area contributed by atoms with Crippen LogP contribution in [-0.4, -0.2) is 29.7 Å². The number of alkyl halides is 1. The first kappa shape index (κ1) is 11.6. The van der Waals surface area contributed by atoms with Crippen molar-refractivity contribution < 1.29 is 4.39 Å². The minimum absolute atomic E-state index is 0.204. The summed E-state index contributed by atoms with van der Waals surface area (Å²) in [6.45, 7) is 1.65. The fraction of sp³-hybridized carbons (Fsp3) is 0.636. The Kier molecular flexibility index (Phi) is 3.93. The van der Waals surface area contributed by atoms with Crippen LogP contribution >= 0.6 is 11.6 Å². The average Bonchev–Trinajstić information content (AvgIpc) is 2.30. The molecule has 0 aromatic carbocycles. The van der Waals surface area contributed by atoms with E-state index in [0.29, 0.717) is 17.5 Å². The number of nitrogens with zero attached hydrogens (tertiary/aromatic N) is 3. The van der Waals surface area contributed by atoms with Gasteiger partial charge in [-0.1, -0.05) is 11.6 Å². The Morgan fingerprint density at radius 1 is 1.38 bits per heavy atom. The third kappa shape index (κ3) is 2.82. The van der Waals surface area contributed by atoms with Crippen molar-refractivity contribution in [3.05, 3.63) is 17.5 Å². The lowest BCUT2D eigenvalue weighted by molar-refractivity contribution is 0.332. The average molecular weight is 244 g/mol. The lowest BCUT2D eigenvalue weighted by atomic mass is 9.94. The second-order valence-electron chi connectivity index (χ2n) is 4.11. The van der Waals surface area contributed by atoms with Crippen molar-refractivity contribution in [2.24, 2.45) is 5.92 Å². The summed E-state index contributed by atoms with van der Waals surface area (Å²) in [4.78, 5) is 10.2. The molecule has 1 saturated heterocycles. The quantitative estimate of drug-likeness (QED) is 0.765. The third-order valence-electron chi connectivity index (χ3n) is 3.08. The fourth-order valence-electron chi connectivity index (χ4n) is 2.10.